The molecule has 0 unspecified atom stereocenters. The summed E-state index contributed by atoms with van der Waals surface area (Å²) in [7, 11) is 0. The van der Waals surface area contributed by atoms with Crippen molar-refractivity contribution in [1.82, 2.24) is 15.0 Å². The molecule has 0 aromatic carbocycles. The van der Waals surface area contributed by atoms with E-state index in [1.165, 1.54) is 38.5 Å². The molecule has 1 N–H and O–H groups in total. The predicted octanol–water partition coefficient (Wildman–Crippen LogP) is 1.37. The van der Waals surface area contributed by atoms with Crippen LogP contribution in [-0.4, -0.2) is 58.5 Å². The summed E-state index contributed by atoms with van der Waals surface area (Å²) in [5, 5.41) is 14.4. The van der Waals surface area contributed by atoms with Crippen molar-refractivity contribution in [3.8, 4) is 0 Å². The zero-order valence-electron chi connectivity index (χ0n) is 12.4. The summed E-state index contributed by atoms with van der Waals surface area (Å²) in [5.74, 6) is 1.92. The summed E-state index contributed by atoms with van der Waals surface area (Å²) in [5.41, 5.74) is 0. The number of rotatable bonds is 3. The molecule has 116 valence electrons. The Hall–Kier alpha value is -1.14. The number of aliphatic hydroxyl groups excluding tert-OH is 1. The van der Waals surface area contributed by atoms with E-state index < -0.39 is 0 Å². The fourth-order valence-corrected chi connectivity index (χ4v) is 3.65. The summed E-state index contributed by atoms with van der Waals surface area (Å²) in [6.07, 6.45) is 7.21. The summed E-state index contributed by atoms with van der Waals surface area (Å²) in [4.78, 5) is 9.05. The first-order valence-corrected chi connectivity index (χ1v) is 8.30. The quantitative estimate of drug-likeness (QED) is 0.908. The predicted molar refractivity (Wildman–Crippen MR) is 78.3 cm³/mol. The van der Waals surface area contributed by atoms with Gasteiger partial charge in [-0.2, -0.15) is 4.98 Å². The zero-order chi connectivity index (χ0) is 14.2. The Morgan fingerprint density at radius 1 is 1.05 bits per heavy atom. The number of nitrogens with zero attached hydrogens (tertiary/aromatic N) is 4. The van der Waals surface area contributed by atoms with Gasteiger partial charge in [0, 0.05) is 38.1 Å². The topological polar surface area (TPSA) is 65.6 Å². The Kier molecular flexibility index (Phi) is 3.59. The van der Waals surface area contributed by atoms with Gasteiger partial charge in [-0.05, 0) is 30.8 Å². The van der Waals surface area contributed by atoms with Crippen LogP contribution < -0.4 is 4.90 Å². The van der Waals surface area contributed by atoms with Crippen LogP contribution >= 0.6 is 0 Å². The fourth-order valence-electron chi connectivity index (χ4n) is 3.65. The number of hydrogen-bond acceptors (Lipinski definition) is 6. The molecule has 2 aliphatic carbocycles. The average molecular weight is 292 g/mol. The second-order valence-corrected chi connectivity index (χ2v) is 6.74. The number of hydrogen-bond donors (Lipinski definition) is 1. The summed E-state index contributed by atoms with van der Waals surface area (Å²) >= 11 is 0. The molecule has 0 radical (unpaired) electrons. The summed E-state index contributed by atoms with van der Waals surface area (Å²) in [6.45, 7) is 3.23. The van der Waals surface area contributed by atoms with E-state index in [2.05, 4.69) is 19.9 Å². The van der Waals surface area contributed by atoms with Crippen molar-refractivity contribution in [2.45, 2.75) is 56.6 Å². The molecule has 21 heavy (non-hydrogen) atoms. The monoisotopic (exact) mass is 292 g/mol. The summed E-state index contributed by atoms with van der Waals surface area (Å²) in [6, 6.07) is 0.659. The third-order valence-corrected chi connectivity index (χ3v) is 5.02. The van der Waals surface area contributed by atoms with Crippen LogP contribution in [0.25, 0.3) is 0 Å². The maximum absolute atomic E-state index is 10.3. The second-order valence-electron chi connectivity index (χ2n) is 6.74. The molecule has 1 atom stereocenters. The Labute approximate surface area is 125 Å². The molecule has 6 heteroatoms. The smallest absolute Gasteiger partial charge is 0.266 e. The molecule has 2 saturated carbocycles. The van der Waals surface area contributed by atoms with Crippen molar-refractivity contribution in [3.63, 3.8) is 0 Å². The Morgan fingerprint density at radius 2 is 1.86 bits per heavy atom. The summed E-state index contributed by atoms with van der Waals surface area (Å²) < 4.78 is 5.35. The molecule has 0 amide bonds. The molecule has 0 spiro atoms. The Bertz CT molecular complexity index is 482. The van der Waals surface area contributed by atoms with Gasteiger partial charge in [-0.25, -0.2) is 0 Å². The molecular weight excluding hydrogens is 268 g/mol. The van der Waals surface area contributed by atoms with Gasteiger partial charge in [0.15, 0.2) is 0 Å². The minimum Gasteiger partial charge on any atom is -0.390 e. The average Bonchev–Trinajstić information content (AvgIpc) is 3.03. The fraction of sp³-hybridized carbons (Fsp3) is 0.867. The number of aromatic nitrogens is 2. The molecular formula is C15H24N4O2. The highest BCUT2D eigenvalue weighted by Crippen LogP contribution is 2.39. The molecule has 2 heterocycles. The lowest BCUT2D eigenvalue weighted by atomic mass is 10.2. The van der Waals surface area contributed by atoms with Gasteiger partial charge in [-0.15, -0.1) is 0 Å². The first kappa shape index (κ1) is 13.5. The molecule has 6 nitrogen and oxygen atoms in total. The second kappa shape index (κ2) is 5.57. The van der Waals surface area contributed by atoms with Crippen LogP contribution in [0.1, 0.15) is 50.3 Å². The van der Waals surface area contributed by atoms with Crippen molar-refractivity contribution in [1.29, 1.82) is 0 Å². The van der Waals surface area contributed by atoms with Crippen molar-refractivity contribution in [2.24, 2.45) is 0 Å². The van der Waals surface area contributed by atoms with Gasteiger partial charge in [0.1, 0.15) is 0 Å². The first-order chi connectivity index (χ1) is 10.3. The number of aliphatic hydroxyl groups is 1. The van der Waals surface area contributed by atoms with Crippen LogP contribution in [0.5, 0.6) is 0 Å². The molecule has 1 aromatic heterocycles. The molecule has 1 saturated heterocycles. The van der Waals surface area contributed by atoms with Gasteiger partial charge in [-0.1, -0.05) is 12.8 Å². The van der Waals surface area contributed by atoms with Gasteiger partial charge in [0.05, 0.1) is 6.10 Å². The highest BCUT2D eigenvalue weighted by Gasteiger charge is 2.32. The molecule has 4 rings (SSSR count). The molecule has 0 bridgehead atoms. The van der Waals surface area contributed by atoms with E-state index in [1.54, 1.807) is 0 Å². The number of β-amino-alcohol motifs (C(OH)–C–C–N with tert-alkyl or cyclic N) is 1. The van der Waals surface area contributed by atoms with E-state index in [9.17, 15) is 5.11 Å². The standard InChI is InChI=1S/C15H24N4O2/c20-13-9-18(12-3-1-2-4-12)7-8-19(10-13)15-16-14(21-17-15)11-5-6-11/h11-13,20H,1-10H2/t13-/m1/s1. The van der Waals surface area contributed by atoms with E-state index in [1.807, 2.05) is 0 Å². The lowest BCUT2D eigenvalue weighted by molar-refractivity contribution is 0.108. The maximum atomic E-state index is 10.3. The van der Waals surface area contributed by atoms with E-state index in [4.69, 9.17) is 4.52 Å². The van der Waals surface area contributed by atoms with E-state index in [0.717, 1.165) is 25.5 Å². The Balaban J connectivity index is 1.43. The largest absolute Gasteiger partial charge is 0.390 e. The third kappa shape index (κ3) is 2.92. The highest BCUT2D eigenvalue weighted by molar-refractivity contribution is 5.29. The van der Waals surface area contributed by atoms with Crippen molar-refractivity contribution >= 4 is 5.95 Å². The third-order valence-electron chi connectivity index (χ3n) is 5.02. The molecule has 3 fully saturated rings. The van der Waals surface area contributed by atoms with Crippen molar-refractivity contribution < 1.29 is 9.63 Å². The van der Waals surface area contributed by atoms with Crippen LogP contribution in [0.3, 0.4) is 0 Å². The normalized spacial score (nSPS) is 29.0. The van der Waals surface area contributed by atoms with Crippen LogP contribution in [0.2, 0.25) is 0 Å². The molecule has 1 aliphatic heterocycles. The van der Waals surface area contributed by atoms with Gasteiger partial charge < -0.3 is 14.5 Å². The highest BCUT2D eigenvalue weighted by atomic mass is 16.5. The minimum absolute atomic E-state index is 0.337. The van der Waals surface area contributed by atoms with Gasteiger partial charge >= 0.3 is 0 Å². The van der Waals surface area contributed by atoms with Crippen LogP contribution in [0.15, 0.2) is 4.52 Å². The maximum Gasteiger partial charge on any atom is 0.266 e. The van der Waals surface area contributed by atoms with Crippen molar-refractivity contribution in [3.05, 3.63) is 5.89 Å². The number of anilines is 1. The van der Waals surface area contributed by atoms with Gasteiger partial charge in [0.25, 0.3) is 5.95 Å². The van der Waals surface area contributed by atoms with E-state index in [-0.39, 0.29) is 6.10 Å². The van der Waals surface area contributed by atoms with Crippen LogP contribution in [-0.2, 0) is 0 Å². The Morgan fingerprint density at radius 3 is 2.62 bits per heavy atom. The lowest BCUT2D eigenvalue weighted by Crippen LogP contribution is -2.39. The minimum atomic E-state index is -0.337. The van der Waals surface area contributed by atoms with E-state index in [0.29, 0.717) is 24.5 Å². The lowest BCUT2D eigenvalue weighted by Gasteiger charge is -2.27. The van der Waals surface area contributed by atoms with Crippen molar-refractivity contribution in [2.75, 3.05) is 31.1 Å². The van der Waals surface area contributed by atoms with Gasteiger partial charge in [0.2, 0.25) is 5.89 Å². The first-order valence-electron chi connectivity index (χ1n) is 8.30. The van der Waals surface area contributed by atoms with E-state index >= 15 is 0 Å². The van der Waals surface area contributed by atoms with Gasteiger partial charge in [-0.3, -0.25) is 4.90 Å². The molecule has 1 aromatic rings. The SMILES string of the molecule is O[C@H]1CN(c2noc(C3CC3)n2)CCN(C2CCCC2)C1. The van der Waals surface area contributed by atoms with Crippen LogP contribution in [0, 0.1) is 0 Å². The molecule has 3 aliphatic rings. The van der Waals surface area contributed by atoms with Crippen LogP contribution in [0.4, 0.5) is 5.95 Å². The zero-order valence-corrected chi connectivity index (χ0v) is 12.4.